The lowest BCUT2D eigenvalue weighted by molar-refractivity contribution is 0.194. The van der Waals surface area contributed by atoms with Gasteiger partial charge in [-0.15, -0.1) is 11.3 Å². The first-order valence-electron chi connectivity index (χ1n) is 6.92. The number of nitrogens with zero attached hydrogens (tertiary/aromatic N) is 1. The number of hydrogen-bond donors (Lipinski definition) is 4. The van der Waals surface area contributed by atoms with Crippen molar-refractivity contribution < 1.29 is 9.90 Å². The van der Waals surface area contributed by atoms with Crippen LogP contribution in [0.4, 0.5) is 16.3 Å². The first-order chi connectivity index (χ1) is 10.6. The van der Waals surface area contributed by atoms with Crippen molar-refractivity contribution >= 4 is 49.9 Å². The van der Waals surface area contributed by atoms with Crippen LogP contribution in [-0.2, 0) is 0 Å². The molecule has 0 saturated carbocycles. The van der Waals surface area contributed by atoms with Crippen LogP contribution in [0.2, 0.25) is 0 Å². The maximum Gasteiger partial charge on any atom is 0.404 e. The van der Waals surface area contributed by atoms with Crippen molar-refractivity contribution in [2.75, 3.05) is 24.1 Å². The van der Waals surface area contributed by atoms with Crippen LogP contribution in [0, 0.1) is 0 Å². The number of hydrogen-bond acceptors (Lipinski definition) is 5. The molecule has 0 radical (unpaired) electrons. The summed E-state index contributed by atoms with van der Waals surface area (Å²) in [5.74, 6) is 0.810. The Hall–Kier alpha value is -2.54. The average molecular weight is 316 g/mol. The van der Waals surface area contributed by atoms with E-state index < -0.39 is 6.09 Å². The van der Waals surface area contributed by atoms with E-state index in [4.69, 9.17) is 10.8 Å². The van der Waals surface area contributed by atoms with Gasteiger partial charge in [0.1, 0.15) is 5.82 Å². The molecule has 5 N–H and O–H groups in total. The molecule has 0 saturated heterocycles. The number of pyridine rings is 1. The highest BCUT2D eigenvalue weighted by molar-refractivity contribution is 7.18. The fourth-order valence-corrected chi connectivity index (χ4v) is 3.27. The number of benzene rings is 1. The van der Waals surface area contributed by atoms with Crippen LogP contribution < -0.4 is 16.4 Å². The van der Waals surface area contributed by atoms with Crippen molar-refractivity contribution in [3.05, 3.63) is 29.6 Å². The first-order valence-corrected chi connectivity index (χ1v) is 7.80. The topological polar surface area (TPSA) is 100 Å². The SMILES string of the molecule is Nc1ccc2c(c1)nc(NCCCNC(=O)O)c1ccsc12. The van der Waals surface area contributed by atoms with Crippen LogP contribution in [0.5, 0.6) is 0 Å². The molecule has 0 atom stereocenters. The van der Waals surface area contributed by atoms with E-state index >= 15 is 0 Å². The normalized spacial score (nSPS) is 10.9. The Balaban J connectivity index is 1.84. The highest BCUT2D eigenvalue weighted by Crippen LogP contribution is 2.34. The van der Waals surface area contributed by atoms with Gasteiger partial charge in [0.15, 0.2) is 0 Å². The van der Waals surface area contributed by atoms with E-state index in [1.807, 2.05) is 29.6 Å². The molecule has 0 aliphatic heterocycles. The number of carboxylic acid groups (broad SMARTS) is 1. The monoisotopic (exact) mass is 316 g/mol. The zero-order valence-corrected chi connectivity index (χ0v) is 12.6. The third kappa shape index (κ3) is 2.89. The number of carbonyl (C=O) groups is 1. The van der Waals surface area contributed by atoms with Gasteiger partial charge in [0.2, 0.25) is 0 Å². The molecule has 1 aromatic carbocycles. The molecular weight excluding hydrogens is 300 g/mol. The Kier molecular flexibility index (Phi) is 3.97. The number of amides is 1. The van der Waals surface area contributed by atoms with Gasteiger partial charge in [0.25, 0.3) is 0 Å². The highest BCUT2D eigenvalue weighted by atomic mass is 32.1. The lowest BCUT2D eigenvalue weighted by atomic mass is 10.1. The van der Waals surface area contributed by atoms with Gasteiger partial charge in [0.05, 0.1) is 5.52 Å². The van der Waals surface area contributed by atoms with E-state index in [9.17, 15) is 4.79 Å². The molecule has 0 fully saturated rings. The largest absolute Gasteiger partial charge is 0.465 e. The van der Waals surface area contributed by atoms with E-state index in [1.54, 1.807) is 11.3 Å². The molecule has 2 aromatic heterocycles. The second-order valence-corrected chi connectivity index (χ2v) is 5.83. The molecule has 7 heteroatoms. The first kappa shape index (κ1) is 14.4. The molecule has 3 aromatic rings. The summed E-state index contributed by atoms with van der Waals surface area (Å²) >= 11 is 1.67. The number of nitrogens with one attached hydrogen (secondary N) is 2. The molecule has 3 rings (SSSR count). The second-order valence-electron chi connectivity index (χ2n) is 4.91. The van der Waals surface area contributed by atoms with Crippen LogP contribution in [0.3, 0.4) is 0 Å². The molecule has 0 aliphatic rings. The number of thiophene rings is 1. The fourth-order valence-electron chi connectivity index (χ4n) is 2.34. The van der Waals surface area contributed by atoms with Gasteiger partial charge in [-0.1, -0.05) is 0 Å². The summed E-state index contributed by atoms with van der Waals surface area (Å²) in [6.45, 7) is 1.06. The molecule has 22 heavy (non-hydrogen) atoms. The van der Waals surface area contributed by atoms with E-state index in [-0.39, 0.29) is 0 Å². The Labute approximate surface area is 131 Å². The van der Waals surface area contributed by atoms with Gasteiger partial charge in [-0.2, -0.15) is 0 Å². The predicted octanol–water partition coefficient (Wildman–Crippen LogP) is 3.10. The zero-order valence-electron chi connectivity index (χ0n) is 11.8. The van der Waals surface area contributed by atoms with E-state index in [0.717, 1.165) is 22.1 Å². The number of fused-ring (bicyclic) bond motifs is 3. The molecule has 114 valence electrons. The van der Waals surface area contributed by atoms with Crippen molar-refractivity contribution in [2.45, 2.75) is 6.42 Å². The van der Waals surface area contributed by atoms with Crippen molar-refractivity contribution in [1.82, 2.24) is 10.3 Å². The summed E-state index contributed by atoms with van der Waals surface area (Å²) in [7, 11) is 0. The van der Waals surface area contributed by atoms with Crippen molar-refractivity contribution in [1.29, 1.82) is 0 Å². The molecule has 6 nitrogen and oxygen atoms in total. The number of anilines is 2. The minimum Gasteiger partial charge on any atom is -0.465 e. The third-order valence-corrected chi connectivity index (χ3v) is 4.29. The van der Waals surface area contributed by atoms with Crippen LogP contribution in [0.1, 0.15) is 6.42 Å². The molecule has 1 amide bonds. The predicted molar refractivity (Wildman–Crippen MR) is 90.7 cm³/mol. The maximum atomic E-state index is 10.4. The lowest BCUT2D eigenvalue weighted by Gasteiger charge is -2.09. The minimum atomic E-state index is -1.00. The Morgan fingerprint density at radius 1 is 1.27 bits per heavy atom. The standard InChI is InChI=1S/C15H16N4O2S/c16-9-2-3-10-12(8-9)19-14(11-4-7-22-13(10)11)17-5-1-6-18-15(20)21/h2-4,7-8,18H,1,5-6,16H2,(H,17,19)(H,20,21). The molecule has 0 bridgehead atoms. The van der Waals surface area contributed by atoms with Gasteiger partial charge in [-0.3, -0.25) is 0 Å². The van der Waals surface area contributed by atoms with E-state index in [1.165, 1.54) is 4.70 Å². The van der Waals surface area contributed by atoms with Crippen molar-refractivity contribution in [3.63, 3.8) is 0 Å². The van der Waals surface area contributed by atoms with Gasteiger partial charge in [-0.05, 0) is 36.1 Å². The fraction of sp³-hybridized carbons (Fsp3) is 0.200. The van der Waals surface area contributed by atoms with Gasteiger partial charge < -0.3 is 21.5 Å². The Morgan fingerprint density at radius 2 is 2.14 bits per heavy atom. The molecular formula is C15H16N4O2S. The average Bonchev–Trinajstić information content (AvgIpc) is 2.95. The minimum absolute atomic E-state index is 0.412. The summed E-state index contributed by atoms with van der Waals surface area (Å²) in [4.78, 5) is 15.0. The van der Waals surface area contributed by atoms with Crippen molar-refractivity contribution in [2.24, 2.45) is 0 Å². The Bertz CT molecular complexity index is 831. The summed E-state index contributed by atoms with van der Waals surface area (Å²) in [6.07, 6.45) is -0.311. The van der Waals surface area contributed by atoms with Crippen LogP contribution >= 0.6 is 11.3 Å². The summed E-state index contributed by atoms with van der Waals surface area (Å²) < 4.78 is 1.18. The molecule has 2 heterocycles. The van der Waals surface area contributed by atoms with Gasteiger partial charge in [-0.25, -0.2) is 9.78 Å². The molecule has 0 unspecified atom stereocenters. The number of aromatic nitrogens is 1. The third-order valence-electron chi connectivity index (χ3n) is 3.34. The van der Waals surface area contributed by atoms with Crippen LogP contribution in [0.25, 0.3) is 21.0 Å². The zero-order chi connectivity index (χ0) is 15.5. The molecule has 0 spiro atoms. The van der Waals surface area contributed by atoms with Crippen LogP contribution in [0.15, 0.2) is 29.6 Å². The van der Waals surface area contributed by atoms with E-state index in [0.29, 0.717) is 25.2 Å². The van der Waals surface area contributed by atoms with Crippen LogP contribution in [-0.4, -0.2) is 29.3 Å². The summed E-state index contributed by atoms with van der Waals surface area (Å²) in [6, 6.07) is 7.79. The summed E-state index contributed by atoms with van der Waals surface area (Å²) in [5, 5.41) is 18.4. The number of rotatable bonds is 5. The maximum absolute atomic E-state index is 10.4. The Morgan fingerprint density at radius 3 is 2.95 bits per heavy atom. The molecule has 0 aliphatic carbocycles. The van der Waals surface area contributed by atoms with Gasteiger partial charge >= 0.3 is 6.09 Å². The lowest BCUT2D eigenvalue weighted by Crippen LogP contribution is -2.23. The number of nitrogen functional groups attached to an aromatic ring is 1. The van der Waals surface area contributed by atoms with Crippen molar-refractivity contribution in [3.8, 4) is 0 Å². The number of nitrogens with two attached hydrogens (primary N) is 1. The van der Waals surface area contributed by atoms with Gasteiger partial charge in [0, 0.05) is 34.2 Å². The summed E-state index contributed by atoms with van der Waals surface area (Å²) in [5.41, 5.74) is 7.39. The van der Waals surface area contributed by atoms with E-state index in [2.05, 4.69) is 15.6 Å². The second kappa shape index (κ2) is 6.07. The highest BCUT2D eigenvalue weighted by Gasteiger charge is 2.09. The quantitative estimate of drug-likeness (QED) is 0.428. The smallest absolute Gasteiger partial charge is 0.404 e.